The number of carbonyl (C=O) groups excluding carboxylic acids is 3. The molecule has 0 N–H and O–H groups in total. The predicted molar refractivity (Wildman–Crippen MR) is 85.4 cm³/mol. The maximum atomic E-state index is 11.8. The molecule has 0 aliphatic carbocycles. The third-order valence-corrected chi connectivity index (χ3v) is 3.34. The third kappa shape index (κ3) is 13.9. The Morgan fingerprint density at radius 2 is 1.65 bits per heavy atom. The average molecular weight is 329 g/mol. The minimum Gasteiger partial charge on any atom is -0.550 e. The van der Waals surface area contributed by atoms with Crippen molar-refractivity contribution < 1.29 is 28.7 Å². The summed E-state index contributed by atoms with van der Waals surface area (Å²) < 4.78 is 5.61. The zero-order chi connectivity index (χ0) is 17.9. The Balaban J connectivity index is 4.19. The second kappa shape index (κ2) is 11.2. The molecule has 134 valence electrons. The van der Waals surface area contributed by atoms with Crippen LogP contribution in [-0.2, 0) is 19.1 Å². The van der Waals surface area contributed by atoms with Gasteiger partial charge in [-0.2, -0.15) is 0 Å². The van der Waals surface area contributed by atoms with Crippen LogP contribution in [0.4, 0.5) is 0 Å². The van der Waals surface area contributed by atoms with E-state index >= 15 is 0 Å². The molecule has 0 amide bonds. The normalized spacial score (nSPS) is 12.7. The van der Waals surface area contributed by atoms with E-state index in [1.807, 2.05) is 21.1 Å². The molecule has 0 saturated heterocycles. The minimum absolute atomic E-state index is 0.149. The van der Waals surface area contributed by atoms with Gasteiger partial charge in [-0.25, -0.2) is 0 Å². The number of ether oxygens (including phenoxy) is 1. The standard InChI is InChI=1S/C17H31NO5/c1-5-6-7-8-9-10-14(19)11-17(22)23-15(12-16(20)21)13-18(2,3)4/h15H,5-13H2,1-4H3. The summed E-state index contributed by atoms with van der Waals surface area (Å²) in [5.41, 5.74) is 0. The summed E-state index contributed by atoms with van der Waals surface area (Å²) in [4.78, 5) is 34.3. The first kappa shape index (κ1) is 21.6. The van der Waals surface area contributed by atoms with Crippen molar-refractivity contribution in [1.82, 2.24) is 0 Å². The van der Waals surface area contributed by atoms with Crippen LogP contribution in [0.1, 0.15) is 58.3 Å². The zero-order valence-corrected chi connectivity index (χ0v) is 14.9. The van der Waals surface area contributed by atoms with Gasteiger partial charge in [-0.1, -0.05) is 32.6 Å². The second-order valence-corrected chi connectivity index (χ2v) is 7.04. The van der Waals surface area contributed by atoms with Gasteiger partial charge in [-0.3, -0.25) is 9.59 Å². The van der Waals surface area contributed by atoms with Crippen LogP contribution in [0, 0.1) is 0 Å². The summed E-state index contributed by atoms with van der Waals surface area (Å²) in [6.07, 6.45) is 4.14. The van der Waals surface area contributed by atoms with Crippen LogP contribution in [0.15, 0.2) is 0 Å². The number of quaternary nitrogens is 1. The van der Waals surface area contributed by atoms with E-state index in [1.54, 1.807) is 0 Å². The van der Waals surface area contributed by atoms with Gasteiger partial charge in [-0.05, 0) is 6.42 Å². The molecule has 6 nitrogen and oxygen atoms in total. The lowest BCUT2D eigenvalue weighted by Gasteiger charge is -2.29. The lowest BCUT2D eigenvalue weighted by Crippen LogP contribution is -2.45. The maximum absolute atomic E-state index is 11.8. The molecule has 1 atom stereocenters. The van der Waals surface area contributed by atoms with Crippen molar-refractivity contribution in [3.8, 4) is 0 Å². The summed E-state index contributed by atoms with van der Waals surface area (Å²) in [6.45, 7) is 2.48. The van der Waals surface area contributed by atoms with E-state index in [2.05, 4.69) is 6.92 Å². The molecular formula is C17H31NO5. The first-order valence-electron chi connectivity index (χ1n) is 8.35. The van der Waals surface area contributed by atoms with Crippen molar-refractivity contribution in [1.29, 1.82) is 0 Å². The van der Waals surface area contributed by atoms with Crippen molar-refractivity contribution in [3.05, 3.63) is 0 Å². The van der Waals surface area contributed by atoms with Crippen LogP contribution < -0.4 is 5.11 Å². The van der Waals surface area contributed by atoms with E-state index in [0.29, 0.717) is 17.4 Å². The lowest BCUT2D eigenvalue weighted by molar-refractivity contribution is -0.873. The number of esters is 1. The summed E-state index contributed by atoms with van der Waals surface area (Å²) in [5.74, 6) is -2.06. The maximum Gasteiger partial charge on any atom is 0.313 e. The highest BCUT2D eigenvalue weighted by Crippen LogP contribution is 2.09. The van der Waals surface area contributed by atoms with Gasteiger partial charge in [0.2, 0.25) is 0 Å². The molecule has 6 heteroatoms. The number of hydrogen-bond acceptors (Lipinski definition) is 5. The van der Waals surface area contributed by atoms with Gasteiger partial charge < -0.3 is 19.1 Å². The lowest BCUT2D eigenvalue weighted by atomic mass is 10.1. The molecule has 0 aromatic carbocycles. The first-order valence-corrected chi connectivity index (χ1v) is 8.35. The number of aliphatic carboxylic acids is 1. The van der Waals surface area contributed by atoms with E-state index in [4.69, 9.17) is 4.74 Å². The fourth-order valence-corrected chi connectivity index (χ4v) is 2.34. The third-order valence-electron chi connectivity index (χ3n) is 3.34. The van der Waals surface area contributed by atoms with Gasteiger partial charge in [0, 0.05) is 18.8 Å². The fourth-order valence-electron chi connectivity index (χ4n) is 2.34. The number of ketones is 1. The Hall–Kier alpha value is -1.43. The average Bonchev–Trinajstić information content (AvgIpc) is 2.35. The number of carbonyl (C=O) groups is 3. The number of Topliss-reactive ketones (excluding diaryl/α,β-unsaturated/α-hetero) is 1. The van der Waals surface area contributed by atoms with Crippen LogP contribution in [0.2, 0.25) is 0 Å². The smallest absolute Gasteiger partial charge is 0.313 e. The summed E-state index contributed by atoms with van der Waals surface area (Å²) in [5, 5.41) is 10.8. The predicted octanol–water partition coefficient (Wildman–Crippen LogP) is 1.06. The molecule has 1 unspecified atom stereocenters. The molecule has 0 rings (SSSR count). The van der Waals surface area contributed by atoms with Crippen LogP contribution in [-0.4, -0.2) is 56.0 Å². The highest BCUT2D eigenvalue weighted by Gasteiger charge is 2.23. The Morgan fingerprint density at radius 3 is 2.17 bits per heavy atom. The summed E-state index contributed by atoms with van der Waals surface area (Å²) in [6, 6.07) is 0. The molecule has 0 aromatic heterocycles. The van der Waals surface area contributed by atoms with Gasteiger partial charge in [-0.15, -0.1) is 0 Å². The highest BCUT2D eigenvalue weighted by atomic mass is 16.5. The van der Waals surface area contributed by atoms with Crippen LogP contribution in [0.5, 0.6) is 0 Å². The largest absolute Gasteiger partial charge is 0.550 e. The fraction of sp³-hybridized carbons (Fsp3) is 0.824. The molecule has 0 bridgehead atoms. The molecule has 0 aliphatic rings. The topological polar surface area (TPSA) is 83.5 Å². The van der Waals surface area contributed by atoms with E-state index in [0.717, 1.165) is 32.1 Å². The van der Waals surface area contributed by atoms with Crippen LogP contribution in [0.3, 0.4) is 0 Å². The molecule has 0 fully saturated rings. The van der Waals surface area contributed by atoms with Crippen molar-refractivity contribution >= 4 is 17.7 Å². The van der Waals surface area contributed by atoms with Crippen molar-refractivity contribution in [3.63, 3.8) is 0 Å². The van der Waals surface area contributed by atoms with Gasteiger partial charge >= 0.3 is 5.97 Å². The SMILES string of the molecule is CCCCCCCC(=O)CC(=O)OC(CC(=O)[O-])C[N+](C)(C)C. The summed E-state index contributed by atoms with van der Waals surface area (Å²) in [7, 11) is 5.62. The van der Waals surface area contributed by atoms with E-state index < -0.39 is 18.0 Å². The Kier molecular flexibility index (Phi) is 10.5. The van der Waals surface area contributed by atoms with Gasteiger partial charge in [0.05, 0.1) is 21.1 Å². The molecule has 0 heterocycles. The van der Waals surface area contributed by atoms with Gasteiger partial charge in [0.25, 0.3) is 0 Å². The number of unbranched alkanes of at least 4 members (excludes halogenated alkanes) is 4. The molecule has 0 aromatic rings. The number of carboxylic acids is 1. The number of rotatable bonds is 13. The highest BCUT2D eigenvalue weighted by molar-refractivity contribution is 5.95. The van der Waals surface area contributed by atoms with Crippen LogP contribution >= 0.6 is 0 Å². The molecule has 0 spiro atoms. The van der Waals surface area contributed by atoms with Crippen molar-refractivity contribution in [2.24, 2.45) is 0 Å². The molecule has 0 saturated carbocycles. The van der Waals surface area contributed by atoms with Crippen LogP contribution in [0.25, 0.3) is 0 Å². The molecule has 0 aliphatic heterocycles. The Labute approximate surface area is 139 Å². The van der Waals surface area contributed by atoms with Gasteiger partial charge in [0.15, 0.2) is 6.10 Å². The Morgan fingerprint density at radius 1 is 1.04 bits per heavy atom. The minimum atomic E-state index is -1.27. The quantitative estimate of drug-likeness (QED) is 0.218. The zero-order valence-electron chi connectivity index (χ0n) is 14.9. The molecule has 0 radical (unpaired) electrons. The number of hydrogen-bond donors (Lipinski definition) is 0. The van der Waals surface area contributed by atoms with Gasteiger partial charge in [0.1, 0.15) is 18.7 Å². The van der Waals surface area contributed by atoms with Crippen molar-refractivity contribution in [2.45, 2.75) is 64.4 Å². The number of carboxylic acid groups (broad SMARTS) is 1. The number of nitrogens with zero attached hydrogens (tertiary/aromatic N) is 1. The summed E-state index contributed by atoms with van der Waals surface area (Å²) >= 11 is 0. The number of likely N-dealkylation sites (N-methyl/N-ethyl adjacent to an activating group) is 1. The molecule has 23 heavy (non-hydrogen) atoms. The molecular weight excluding hydrogens is 298 g/mol. The van der Waals surface area contributed by atoms with E-state index in [1.165, 1.54) is 0 Å². The van der Waals surface area contributed by atoms with Crippen molar-refractivity contribution in [2.75, 3.05) is 27.7 Å². The van der Waals surface area contributed by atoms with E-state index in [9.17, 15) is 19.5 Å². The first-order chi connectivity index (χ1) is 10.6. The second-order valence-electron chi connectivity index (χ2n) is 7.04. The monoisotopic (exact) mass is 329 g/mol. The van der Waals surface area contributed by atoms with E-state index in [-0.39, 0.29) is 18.6 Å². The Bertz CT molecular complexity index is 387.